The fraction of sp³-hybridized carbons (Fsp3) is 0.400. The van der Waals surface area contributed by atoms with Gasteiger partial charge >= 0.3 is 0 Å². The van der Waals surface area contributed by atoms with Crippen molar-refractivity contribution >= 4 is 11.6 Å². The molecule has 0 atom stereocenters. The second kappa shape index (κ2) is 4.79. The predicted molar refractivity (Wildman–Crippen MR) is 53.9 cm³/mol. The minimum atomic E-state index is -1.73. The molecule has 1 aromatic rings. The maximum Gasteiger partial charge on any atom is 0.253 e. The van der Waals surface area contributed by atoms with Crippen molar-refractivity contribution in [3.05, 3.63) is 23.5 Å². The number of amides is 1. The molecule has 0 aromatic carbocycles. The SMILES string of the molecule is O=C1CN(c2c(F)c(F)nc(F)c2F)CCCN1. The normalized spacial score (nSPS) is 16.4. The lowest BCUT2D eigenvalue weighted by Crippen LogP contribution is -2.34. The van der Waals surface area contributed by atoms with E-state index in [4.69, 9.17) is 0 Å². The molecule has 0 spiro atoms. The van der Waals surface area contributed by atoms with Crippen LogP contribution >= 0.6 is 0 Å². The number of carbonyl (C=O) groups excluding carboxylic acids is 1. The lowest BCUT2D eigenvalue weighted by Gasteiger charge is -2.22. The summed E-state index contributed by atoms with van der Waals surface area (Å²) in [4.78, 5) is 14.7. The molecule has 1 saturated heterocycles. The van der Waals surface area contributed by atoms with Gasteiger partial charge in [0.05, 0.1) is 6.54 Å². The topological polar surface area (TPSA) is 45.2 Å². The van der Waals surface area contributed by atoms with Crippen LogP contribution in [0.5, 0.6) is 0 Å². The molecule has 1 amide bonds. The zero-order valence-corrected chi connectivity index (χ0v) is 9.14. The van der Waals surface area contributed by atoms with Gasteiger partial charge in [-0.25, -0.2) is 0 Å². The summed E-state index contributed by atoms with van der Waals surface area (Å²) >= 11 is 0. The van der Waals surface area contributed by atoms with Crippen LogP contribution < -0.4 is 10.2 Å². The molecule has 0 unspecified atom stereocenters. The number of carbonyl (C=O) groups is 1. The third-order valence-corrected chi connectivity index (χ3v) is 2.55. The second-order valence-corrected chi connectivity index (χ2v) is 3.80. The molecule has 1 aliphatic heterocycles. The van der Waals surface area contributed by atoms with E-state index in [0.29, 0.717) is 13.0 Å². The average Bonchev–Trinajstić information content (AvgIpc) is 2.52. The van der Waals surface area contributed by atoms with Crippen molar-refractivity contribution in [3.63, 3.8) is 0 Å². The molecule has 1 aliphatic rings. The third-order valence-electron chi connectivity index (χ3n) is 2.55. The van der Waals surface area contributed by atoms with Gasteiger partial charge in [-0.3, -0.25) is 4.79 Å². The predicted octanol–water partition coefficient (Wildman–Crippen LogP) is 0.964. The Bertz CT molecular complexity index is 468. The average molecular weight is 263 g/mol. The van der Waals surface area contributed by atoms with E-state index in [1.807, 2.05) is 0 Å². The van der Waals surface area contributed by atoms with E-state index in [1.165, 1.54) is 0 Å². The van der Waals surface area contributed by atoms with Gasteiger partial charge in [0.15, 0.2) is 0 Å². The van der Waals surface area contributed by atoms with Gasteiger partial charge in [0.1, 0.15) is 5.69 Å². The van der Waals surface area contributed by atoms with Crippen LogP contribution in [0.15, 0.2) is 0 Å². The monoisotopic (exact) mass is 263 g/mol. The Balaban J connectivity index is 2.45. The molecule has 4 nitrogen and oxygen atoms in total. The van der Waals surface area contributed by atoms with Crippen molar-refractivity contribution < 1.29 is 22.4 Å². The van der Waals surface area contributed by atoms with Crippen LogP contribution in [0.25, 0.3) is 0 Å². The van der Waals surface area contributed by atoms with Crippen LogP contribution in [0, 0.1) is 23.5 Å². The molecule has 18 heavy (non-hydrogen) atoms. The quantitative estimate of drug-likeness (QED) is 0.606. The van der Waals surface area contributed by atoms with Crippen LogP contribution in [0.1, 0.15) is 6.42 Å². The molecule has 98 valence electrons. The van der Waals surface area contributed by atoms with E-state index >= 15 is 0 Å². The first-order valence-corrected chi connectivity index (χ1v) is 5.22. The fourth-order valence-corrected chi connectivity index (χ4v) is 1.75. The lowest BCUT2D eigenvalue weighted by molar-refractivity contribution is -0.119. The first kappa shape index (κ1) is 12.6. The highest BCUT2D eigenvalue weighted by molar-refractivity contribution is 5.81. The fourth-order valence-electron chi connectivity index (χ4n) is 1.75. The van der Waals surface area contributed by atoms with E-state index in [9.17, 15) is 22.4 Å². The number of nitrogens with one attached hydrogen (secondary N) is 1. The summed E-state index contributed by atoms with van der Waals surface area (Å²) in [5.41, 5.74) is -0.892. The number of hydrogen-bond acceptors (Lipinski definition) is 3. The molecule has 0 bridgehead atoms. The number of hydrogen-bond donors (Lipinski definition) is 1. The first-order valence-electron chi connectivity index (χ1n) is 5.22. The molecule has 2 rings (SSSR count). The summed E-state index contributed by atoms with van der Waals surface area (Å²) in [5.74, 6) is -7.11. The molecule has 2 heterocycles. The van der Waals surface area contributed by atoms with Crippen molar-refractivity contribution in [2.45, 2.75) is 6.42 Å². The summed E-state index contributed by atoms with van der Waals surface area (Å²) in [6.07, 6.45) is 0.413. The number of rotatable bonds is 1. The van der Waals surface area contributed by atoms with Gasteiger partial charge in [-0.2, -0.15) is 22.5 Å². The Kier molecular flexibility index (Phi) is 3.35. The minimum Gasteiger partial charge on any atom is -0.357 e. The zero-order chi connectivity index (χ0) is 13.3. The number of nitrogens with zero attached hydrogens (tertiary/aromatic N) is 2. The minimum absolute atomic E-state index is 0.107. The van der Waals surface area contributed by atoms with Crippen LogP contribution in [-0.2, 0) is 4.79 Å². The van der Waals surface area contributed by atoms with Crippen molar-refractivity contribution in [2.75, 3.05) is 24.5 Å². The van der Waals surface area contributed by atoms with Crippen molar-refractivity contribution in [1.29, 1.82) is 0 Å². The highest BCUT2D eigenvalue weighted by atomic mass is 19.2. The third kappa shape index (κ3) is 2.22. The zero-order valence-electron chi connectivity index (χ0n) is 9.14. The Morgan fingerprint density at radius 2 is 1.72 bits per heavy atom. The smallest absolute Gasteiger partial charge is 0.253 e. The standard InChI is InChI=1S/C10H9F4N3O/c11-6-8(7(12)10(14)16-9(6)13)17-3-1-2-15-5(18)4-17/h1-4H2,(H,15,18). The highest BCUT2D eigenvalue weighted by Crippen LogP contribution is 2.26. The van der Waals surface area contributed by atoms with E-state index in [1.54, 1.807) is 0 Å². The van der Waals surface area contributed by atoms with E-state index in [-0.39, 0.29) is 13.1 Å². The van der Waals surface area contributed by atoms with E-state index in [0.717, 1.165) is 4.90 Å². The lowest BCUT2D eigenvalue weighted by atomic mass is 10.3. The Morgan fingerprint density at radius 3 is 2.33 bits per heavy atom. The van der Waals surface area contributed by atoms with Gasteiger partial charge in [-0.05, 0) is 6.42 Å². The van der Waals surface area contributed by atoms with E-state index < -0.39 is 35.1 Å². The Morgan fingerprint density at radius 1 is 1.11 bits per heavy atom. The van der Waals surface area contributed by atoms with E-state index in [2.05, 4.69) is 10.3 Å². The van der Waals surface area contributed by atoms with Crippen LogP contribution in [-0.4, -0.2) is 30.5 Å². The maximum absolute atomic E-state index is 13.5. The maximum atomic E-state index is 13.5. The molecule has 0 radical (unpaired) electrons. The summed E-state index contributed by atoms with van der Waals surface area (Å²) in [7, 11) is 0. The van der Waals surface area contributed by atoms with Gasteiger partial charge < -0.3 is 10.2 Å². The molecule has 1 fully saturated rings. The summed E-state index contributed by atoms with van der Waals surface area (Å²) in [6, 6.07) is 0. The highest BCUT2D eigenvalue weighted by Gasteiger charge is 2.27. The summed E-state index contributed by atoms with van der Waals surface area (Å²) in [6.45, 7) is 0.0842. The second-order valence-electron chi connectivity index (χ2n) is 3.80. The molecule has 1 aromatic heterocycles. The van der Waals surface area contributed by atoms with Gasteiger partial charge in [0.2, 0.25) is 17.5 Å². The van der Waals surface area contributed by atoms with Crippen molar-refractivity contribution in [2.24, 2.45) is 0 Å². The largest absolute Gasteiger partial charge is 0.357 e. The van der Waals surface area contributed by atoms with Gasteiger partial charge in [0, 0.05) is 13.1 Å². The molecule has 0 aliphatic carbocycles. The van der Waals surface area contributed by atoms with Gasteiger partial charge in [0.25, 0.3) is 11.9 Å². The number of aromatic nitrogens is 1. The van der Waals surface area contributed by atoms with Gasteiger partial charge in [-0.1, -0.05) is 0 Å². The summed E-state index contributed by atoms with van der Waals surface area (Å²) in [5, 5.41) is 2.48. The molecule has 1 N–H and O–H groups in total. The molecular formula is C10H9F4N3O. The molecule has 0 saturated carbocycles. The first-order chi connectivity index (χ1) is 8.50. The Hall–Kier alpha value is -1.86. The molecule has 8 heteroatoms. The van der Waals surface area contributed by atoms with Crippen LogP contribution in [0.2, 0.25) is 0 Å². The van der Waals surface area contributed by atoms with Crippen LogP contribution in [0.3, 0.4) is 0 Å². The number of halogens is 4. The summed E-state index contributed by atoms with van der Waals surface area (Å²) < 4.78 is 52.8. The Labute approximate surface area is 99.6 Å². The van der Waals surface area contributed by atoms with Gasteiger partial charge in [-0.15, -0.1) is 0 Å². The van der Waals surface area contributed by atoms with Crippen LogP contribution in [0.4, 0.5) is 23.2 Å². The van der Waals surface area contributed by atoms with Crippen molar-refractivity contribution in [3.8, 4) is 0 Å². The number of anilines is 1. The molecular weight excluding hydrogens is 254 g/mol. The number of pyridine rings is 1. The van der Waals surface area contributed by atoms with Crippen molar-refractivity contribution in [1.82, 2.24) is 10.3 Å².